The van der Waals surface area contributed by atoms with E-state index in [4.69, 9.17) is 16.3 Å². The van der Waals surface area contributed by atoms with Gasteiger partial charge < -0.3 is 19.9 Å². The molecule has 0 unspecified atom stereocenters. The van der Waals surface area contributed by atoms with Crippen molar-refractivity contribution in [1.29, 1.82) is 0 Å². The number of hydrogen-bond donors (Lipinski definition) is 3. The monoisotopic (exact) mass is 944 g/mol. The number of hydrogen-bond acceptors (Lipinski definition) is 12. The van der Waals surface area contributed by atoms with Crippen LogP contribution in [0.5, 0.6) is 11.5 Å². The maximum atomic E-state index is 14.0. The van der Waals surface area contributed by atoms with E-state index in [1.165, 1.54) is 39.2 Å². The molecule has 0 bridgehead atoms. The molecule has 5 aromatic rings. The van der Waals surface area contributed by atoms with Crippen molar-refractivity contribution in [2.45, 2.75) is 38.0 Å². The number of fused-ring (bicyclic) bond motifs is 1. The SMILES string of the molecule is CC1(C)CCC(CN2CCN(c3ccc(C(=O)NS(=O)(=O)c4ccc(NCN5CCN(S(C)(=O)=O)CC5)c([N+](=O)[O-])c4)c(Oc4cccc5[nH]ccc45)c3)CC2)=C(c2ccc(Cl)cc2)C1. The van der Waals surface area contributed by atoms with Crippen LogP contribution < -0.4 is 19.7 Å². The van der Waals surface area contributed by atoms with E-state index in [1.807, 2.05) is 35.2 Å². The molecule has 1 aliphatic carbocycles. The molecule has 2 aliphatic heterocycles. The Balaban J connectivity index is 0.990. The van der Waals surface area contributed by atoms with E-state index in [0.717, 1.165) is 72.8 Å². The number of ether oxygens (including phenoxy) is 1. The van der Waals surface area contributed by atoms with Gasteiger partial charge in [-0.05, 0) is 90.4 Å². The fourth-order valence-electron chi connectivity index (χ4n) is 8.77. The Morgan fingerprint density at radius 2 is 1.60 bits per heavy atom. The number of rotatable bonds is 14. The van der Waals surface area contributed by atoms with Gasteiger partial charge in [0.05, 0.1) is 28.3 Å². The van der Waals surface area contributed by atoms with Gasteiger partial charge in [-0.2, -0.15) is 4.31 Å². The van der Waals surface area contributed by atoms with Gasteiger partial charge in [-0.25, -0.2) is 21.6 Å². The Morgan fingerprint density at radius 3 is 2.31 bits per heavy atom. The highest BCUT2D eigenvalue weighted by Gasteiger charge is 2.31. The molecule has 4 aromatic carbocycles. The Kier molecular flexibility index (Phi) is 13.3. The minimum atomic E-state index is -4.62. The molecule has 2 saturated heterocycles. The first-order valence-corrected chi connectivity index (χ1v) is 25.2. The summed E-state index contributed by atoms with van der Waals surface area (Å²) in [5.41, 5.74) is 5.42. The first kappa shape index (κ1) is 46.0. The number of aromatic amines is 1. The number of benzene rings is 4. The molecule has 344 valence electrons. The van der Waals surface area contributed by atoms with Crippen LogP contribution in [0.3, 0.4) is 0 Å². The molecular weight excluding hydrogens is 892 g/mol. The largest absolute Gasteiger partial charge is 0.456 e. The van der Waals surface area contributed by atoms with Crippen LogP contribution in [0, 0.1) is 15.5 Å². The van der Waals surface area contributed by atoms with Crippen LogP contribution in [0.2, 0.25) is 5.02 Å². The molecule has 0 atom stereocenters. The first-order valence-electron chi connectivity index (χ1n) is 21.5. The van der Waals surface area contributed by atoms with E-state index in [1.54, 1.807) is 24.4 Å². The molecule has 1 aromatic heterocycles. The number of piperazine rings is 2. The van der Waals surface area contributed by atoms with Crippen molar-refractivity contribution in [2.24, 2.45) is 5.41 Å². The van der Waals surface area contributed by atoms with Gasteiger partial charge in [-0.15, -0.1) is 0 Å². The van der Waals surface area contributed by atoms with Crippen molar-refractivity contribution in [3.8, 4) is 11.5 Å². The van der Waals surface area contributed by atoms with Crippen LogP contribution >= 0.6 is 11.6 Å². The Labute approximate surface area is 384 Å². The number of carbonyl (C=O) groups excluding carboxylic acids is 1. The lowest BCUT2D eigenvalue weighted by Crippen LogP contribution is -2.49. The number of halogens is 1. The zero-order chi connectivity index (χ0) is 46.1. The summed E-state index contributed by atoms with van der Waals surface area (Å²) >= 11 is 6.24. The van der Waals surface area contributed by atoms with E-state index in [-0.39, 0.29) is 42.2 Å². The number of nitro groups is 1. The van der Waals surface area contributed by atoms with Gasteiger partial charge >= 0.3 is 0 Å². The number of nitrogens with one attached hydrogen (secondary N) is 3. The first-order chi connectivity index (χ1) is 30.9. The third kappa shape index (κ3) is 10.8. The van der Waals surface area contributed by atoms with Crippen molar-refractivity contribution < 1.29 is 31.3 Å². The number of sulfonamides is 2. The van der Waals surface area contributed by atoms with Crippen molar-refractivity contribution in [3.05, 3.63) is 123 Å². The molecule has 3 aliphatic rings. The summed E-state index contributed by atoms with van der Waals surface area (Å²) in [5.74, 6) is -0.382. The number of H-pyrrole nitrogens is 1. The zero-order valence-corrected chi connectivity index (χ0v) is 38.9. The number of nitrogens with zero attached hydrogens (tertiary/aromatic N) is 5. The second-order valence-electron chi connectivity index (χ2n) is 17.7. The van der Waals surface area contributed by atoms with Crippen LogP contribution in [-0.4, -0.2) is 119 Å². The normalized spacial score (nSPS) is 17.9. The summed E-state index contributed by atoms with van der Waals surface area (Å²) in [6, 6.07) is 23.9. The molecule has 1 amide bonds. The minimum absolute atomic E-state index is 0.0471. The maximum absolute atomic E-state index is 14.0. The van der Waals surface area contributed by atoms with E-state index >= 15 is 0 Å². The molecule has 0 saturated carbocycles. The topological polar surface area (TPSA) is 191 Å². The van der Waals surface area contributed by atoms with Crippen molar-refractivity contribution >= 4 is 71.1 Å². The standard InChI is InChI=1S/C46H53ClN8O8S2/c1-46(2)17-15-33(39(29-46)32-7-9-34(47)10-8-32)30-51-19-23-53(24-20-51)35-11-13-38(44(27-35)63-43-6-4-5-40-37(43)16-18-48-40)45(56)50-65(61,62)36-12-14-41(42(28-36)55(57)58)49-31-52-21-25-54(26-22-52)64(3,59)60/h4-14,16,18,27-28,48-49H,15,17,19-26,29-31H2,1-3H3,(H,50,56). The van der Waals surface area contributed by atoms with Gasteiger partial charge in [-0.1, -0.05) is 49.2 Å². The summed E-state index contributed by atoms with van der Waals surface area (Å²) in [4.78, 5) is 34.8. The second-order valence-corrected chi connectivity index (χ2v) is 21.8. The lowest BCUT2D eigenvalue weighted by atomic mass is 9.72. The fraction of sp³-hybridized carbons (Fsp3) is 0.370. The van der Waals surface area contributed by atoms with Crippen molar-refractivity contribution in [2.75, 3.05) is 82.0 Å². The quantitative estimate of drug-likeness (QED) is 0.0742. The summed E-state index contributed by atoms with van der Waals surface area (Å²) in [6.07, 6.45) is 6.09. The Hall–Kier alpha value is -5.50. The number of nitro benzene ring substituents is 1. The molecule has 3 N–H and O–H groups in total. The van der Waals surface area contributed by atoms with E-state index in [0.29, 0.717) is 31.9 Å². The van der Waals surface area contributed by atoms with Crippen LogP contribution in [0.4, 0.5) is 17.1 Å². The number of anilines is 2. The molecular formula is C46H53ClN8O8S2. The highest BCUT2D eigenvalue weighted by molar-refractivity contribution is 7.90. The number of aromatic nitrogens is 1. The van der Waals surface area contributed by atoms with E-state index in [2.05, 4.69) is 50.8 Å². The van der Waals surface area contributed by atoms with Crippen LogP contribution in [0.15, 0.2) is 102 Å². The van der Waals surface area contributed by atoms with Crippen molar-refractivity contribution in [3.63, 3.8) is 0 Å². The van der Waals surface area contributed by atoms with Gasteiger partial charge in [0.2, 0.25) is 10.0 Å². The van der Waals surface area contributed by atoms with E-state index < -0.39 is 41.5 Å². The minimum Gasteiger partial charge on any atom is -0.456 e. The molecule has 0 spiro atoms. The average molecular weight is 946 g/mol. The summed E-state index contributed by atoms with van der Waals surface area (Å²) in [7, 11) is -7.95. The number of allylic oxidation sites excluding steroid dienone is 1. The summed E-state index contributed by atoms with van der Waals surface area (Å²) < 4.78 is 61.2. The lowest BCUT2D eigenvalue weighted by Gasteiger charge is -2.39. The highest BCUT2D eigenvalue weighted by Crippen LogP contribution is 2.43. The molecule has 2 fully saturated rings. The third-order valence-electron chi connectivity index (χ3n) is 12.5. The van der Waals surface area contributed by atoms with Crippen molar-refractivity contribution in [1.82, 2.24) is 23.8 Å². The highest BCUT2D eigenvalue weighted by atomic mass is 35.5. The smallest absolute Gasteiger partial charge is 0.293 e. The van der Waals surface area contributed by atoms with Gasteiger partial charge in [0.25, 0.3) is 21.6 Å². The summed E-state index contributed by atoms with van der Waals surface area (Å²) in [6.45, 7) is 10.1. The molecule has 0 radical (unpaired) electrons. The maximum Gasteiger partial charge on any atom is 0.293 e. The molecule has 3 heterocycles. The van der Waals surface area contributed by atoms with Crippen LogP contribution in [-0.2, 0) is 20.0 Å². The van der Waals surface area contributed by atoms with Gasteiger partial charge in [0.15, 0.2) is 0 Å². The number of carbonyl (C=O) groups is 1. The molecule has 8 rings (SSSR count). The fourth-order valence-corrected chi connectivity index (χ4v) is 10.7. The molecule has 19 heteroatoms. The van der Waals surface area contributed by atoms with Crippen LogP contribution in [0.1, 0.15) is 49.0 Å². The van der Waals surface area contributed by atoms with Gasteiger partial charge in [-0.3, -0.25) is 24.7 Å². The molecule has 65 heavy (non-hydrogen) atoms. The van der Waals surface area contributed by atoms with Gasteiger partial charge in [0, 0.05) is 98.8 Å². The van der Waals surface area contributed by atoms with E-state index in [9.17, 15) is 31.7 Å². The second kappa shape index (κ2) is 18.8. The molecule has 16 nitrogen and oxygen atoms in total. The Morgan fingerprint density at radius 1 is 0.877 bits per heavy atom. The van der Waals surface area contributed by atoms with Gasteiger partial charge in [0.1, 0.15) is 17.2 Å². The third-order valence-corrected chi connectivity index (χ3v) is 15.4. The Bertz CT molecular complexity index is 2850. The predicted octanol–water partition coefficient (Wildman–Crippen LogP) is 7.37. The lowest BCUT2D eigenvalue weighted by molar-refractivity contribution is -0.384. The number of amides is 1. The zero-order valence-electron chi connectivity index (χ0n) is 36.5. The predicted molar refractivity (Wildman–Crippen MR) is 254 cm³/mol. The summed E-state index contributed by atoms with van der Waals surface area (Å²) in [5, 5.41) is 16.6. The average Bonchev–Trinajstić information content (AvgIpc) is 3.77. The van der Waals surface area contributed by atoms with Crippen LogP contribution in [0.25, 0.3) is 16.5 Å².